The summed E-state index contributed by atoms with van der Waals surface area (Å²) in [7, 11) is -4.64. The summed E-state index contributed by atoms with van der Waals surface area (Å²) in [5.41, 5.74) is 0.179. The normalized spacial score (nSPS) is 12.9. The van der Waals surface area contributed by atoms with Gasteiger partial charge in [0.25, 0.3) is 0 Å². The third-order valence-electron chi connectivity index (χ3n) is 2.68. The molecule has 0 heterocycles. The Morgan fingerprint density at radius 3 is 2.06 bits per heavy atom. The minimum Gasteiger partial charge on any atom is -0.744 e. The van der Waals surface area contributed by atoms with Crippen LogP contribution in [0.4, 0.5) is 4.39 Å². The van der Waals surface area contributed by atoms with Crippen molar-refractivity contribution >= 4 is 10.1 Å². The predicted octanol–water partition coefficient (Wildman–Crippen LogP) is 2.64. The van der Waals surface area contributed by atoms with Crippen molar-refractivity contribution in [2.24, 2.45) is 0 Å². The van der Waals surface area contributed by atoms with Crippen LogP contribution in [-0.4, -0.2) is 13.0 Å². The summed E-state index contributed by atoms with van der Waals surface area (Å²) in [5.74, 6) is -0.613. The van der Waals surface area contributed by atoms with Crippen LogP contribution < -0.4 is 0 Å². The number of hydrogen-bond donors (Lipinski definition) is 0. The molecule has 0 saturated carbocycles. The summed E-state index contributed by atoms with van der Waals surface area (Å²) in [6, 6.07) is 1.44. The second-order valence-corrected chi connectivity index (χ2v) is 6.53. The van der Waals surface area contributed by atoms with Crippen molar-refractivity contribution in [3.8, 4) is 0 Å². The SMILES string of the molecule is Cc1cc(C(C)(C)C)c(F)c(C)c1S(=O)(=O)[O-]. The first-order valence-corrected chi connectivity index (χ1v) is 6.63. The van der Waals surface area contributed by atoms with Crippen LogP contribution in [0.15, 0.2) is 11.0 Å². The standard InChI is InChI=1S/C12H17FO3S/c1-7-6-9(12(3,4)5)10(13)8(2)11(7)17(14,15)16/h6H,1-5H3,(H,14,15,16)/p-1. The molecule has 0 saturated heterocycles. The molecule has 5 heteroatoms. The molecule has 0 radical (unpaired) electrons. The zero-order chi connectivity index (χ0) is 13.6. The Balaban J connectivity index is 3.72. The van der Waals surface area contributed by atoms with Crippen LogP contribution >= 0.6 is 0 Å². The highest BCUT2D eigenvalue weighted by Crippen LogP contribution is 2.32. The first kappa shape index (κ1) is 14.1. The summed E-state index contributed by atoms with van der Waals surface area (Å²) in [6.07, 6.45) is 0. The van der Waals surface area contributed by atoms with Crippen molar-refractivity contribution in [1.82, 2.24) is 0 Å². The summed E-state index contributed by atoms with van der Waals surface area (Å²) in [6.45, 7) is 8.32. The highest BCUT2D eigenvalue weighted by Gasteiger charge is 2.24. The Hall–Kier alpha value is -0.940. The third-order valence-corrected chi connectivity index (χ3v) is 3.81. The van der Waals surface area contributed by atoms with Gasteiger partial charge >= 0.3 is 0 Å². The highest BCUT2D eigenvalue weighted by molar-refractivity contribution is 7.85. The Morgan fingerprint density at radius 2 is 1.71 bits per heavy atom. The van der Waals surface area contributed by atoms with Crippen molar-refractivity contribution in [1.29, 1.82) is 0 Å². The Bertz CT molecular complexity index is 554. The van der Waals surface area contributed by atoms with Crippen molar-refractivity contribution in [2.45, 2.75) is 44.9 Å². The maximum Gasteiger partial charge on any atom is 0.131 e. The Morgan fingerprint density at radius 1 is 1.24 bits per heavy atom. The number of aryl methyl sites for hydroxylation is 1. The second-order valence-electron chi connectivity index (χ2n) is 5.21. The minimum atomic E-state index is -4.64. The fraction of sp³-hybridized carbons (Fsp3) is 0.500. The van der Waals surface area contributed by atoms with Crippen LogP contribution in [0.1, 0.15) is 37.5 Å². The van der Waals surface area contributed by atoms with Crippen molar-refractivity contribution < 1.29 is 17.4 Å². The van der Waals surface area contributed by atoms with E-state index in [1.54, 1.807) is 0 Å². The summed E-state index contributed by atoms with van der Waals surface area (Å²) in [4.78, 5) is -0.442. The molecule has 0 aliphatic carbocycles. The largest absolute Gasteiger partial charge is 0.744 e. The molecule has 17 heavy (non-hydrogen) atoms. The van der Waals surface area contributed by atoms with Crippen LogP contribution in [0.25, 0.3) is 0 Å². The van der Waals surface area contributed by atoms with Gasteiger partial charge in [0.2, 0.25) is 0 Å². The molecule has 1 aromatic carbocycles. The van der Waals surface area contributed by atoms with E-state index in [9.17, 15) is 17.4 Å². The lowest BCUT2D eigenvalue weighted by atomic mass is 9.84. The van der Waals surface area contributed by atoms with Crippen LogP contribution in [0.5, 0.6) is 0 Å². The van der Waals surface area contributed by atoms with Gasteiger partial charge in [-0.15, -0.1) is 0 Å². The van der Waals surface area contributed by atoms with Crippen molar-refractivity contribution in [3.05, 3.63) is 28.6 Å². The molecule has 0 aromatic heterocycles. The molecule has 96 valence electrons. The lowest BCUT2D eigenvalue weighted by Gasteiger charge is -2.24. The molecule has 0 bridgehead atoms. The monoisotopic (exact) mass is 259 g/mol. The molecular formula is C12H16FO3S-. The van der Waals surface area contributed by atoms with Gasteiger partial charge in [0.05, 0.1) is 4.90 Å². The topological polar surface area (TPSA) is 57.2 Å². The van der Waals surface area contributed by atoms with Gasteiger partial charge in [0.15, 0.2) is 0 Å². The van der Waals surface area contributed by atoms with Crippen molar-refractivity contribution in [3.63, 3.8) is 0 Å². The van der Waals surface area contributed by atoms with Crippen LogP contribution in [0.3, 0.4) is 0 Å². The number of benzene rings is 1. The van der Waals surface area contributed by atoms with Gasteiger partial charge in [-0.25, -0.2) is 12.8 Å². The molecule has 0 atom stereocenters. The molecule has 0 spiro atoms. The highest BCUT2D eigenvalue weighted by atomic mass is 32.2. The third kappa shape index (κ3) is 2.66. The van der Waals surface area contributed by atoms with Crippen LogP contribution in [0, 0.1) is 19.7 Å². The summed E-state index contributed by atoms with van der Waals surface area (Å²) < 4.78 is 47.3. The van der Waals surface area contributed by atoms with Gasteiger partial charge in [0, 0.05) is 5.56 Å². The lowest BCUT2D eigenvalue weighted by Crippen LogP contribution is -2.17. The van der Waals surface area contributed by atoms with Gasteiger partial charge in [-0.1, -0.05) is 26.8 Å². The number of hydrogen-bond acceptors (Lipinski definition) is 3. The Kier molecular flexibility index (Phi) is 3.38. The van der Waals surface area contributed by atoms with Gasteiger partial charge in [-0.3, -0.25) is 0 Å². The molecule has 0 amide bonds. The van der Waals surface area contributed by atoms with Gasteiger partial charge in [-0.05, 0) is 30.4 Å². The van der Waals surface area contributed by atoms with E-state index in [0.29, 0.717) is 11.1 Å². The molecule has 0 aliphatic rings. The molecule has 0 fully saturated rings. The van der Waals surface area contributed by atoms with E-state index in [2.05, 4.69) is 0 Å². The zero-order valence-corrected chi connectivity index (χ0v) is 11.4. The first-order valence-electron chi connectivity index (χ1n) is 5.22. The smallest absolute Gasteiger partial charge is 0.131 e. The zero-order valence-electron chi connectivity index (χ0n) is 10.6. The van der Waals surface area contributed by atoms with E-state index in [4.69, 9.17) is 0 Å². The predicted molar refractivity (Wildman–Crippen MR) is 62.5 cm³/mol. The fourth-order valence-electron chi connectivity index (χ4n) is 1.87. The quantitative estimate of drug-likeness (QED) is 0.728. The van der Waals surface area contributed by atoms with E-state index in [0.717, 1.165) is 0 Å². The molecule has 1 rings (SSSR count). The Labute approximate surface area is 101 Å². The molecule has 0 N–H and O–H groups in total. The van der Waals surface area contributed by atoms with Gasteiger partial charge in [-0.2, -0.15) is 0 Å². The number of rotatable bonds is 1. The molecule has 3 nitrogen and oxygen atoms in total. The molecule has 0 aliphatic heterocycles. The van der Waals surface area contributed by atoms with E-state index in [1.807, 2.05) is 20.8 Å². The molecule has 0 unspecified atom stereocenters. The van der Waals surface area contributed by atoms with Crippen LogP contribution in [0.2, 0.25) is 0 Å². The molecule has 1 aromatic rings. The average Bonchev–Trinajstić information content (AvgIpc) is 2.07. The molecular weight excluding hydrogens is 243 g/mol. The van der Waals surface area contributed by atoms with E-state index < -0.39 is 26.2 Å². The van der Waals surface area contributed by atoms with E-state index in [-0.39, 0.29) is 5.56 Å². The first-order chi connectivity index (χ1) is 7.46. The van der Waals surface area contributed by atoms with Crippen molar-refractivity contribution in [2.75, 3.05) is 0 Å². The van der Waals surface area contributed by atoms with Gasteiger partial charge in [0.1, 0.15) is 15.9 Å². The maximum absolute atomic E-state index is 14.1. The van der Waals surface area contributed by atoms with Gasteiger partial charge < -0.3 is 4.55 Å². The minimum absolute atomic E-state index is 0.0927. The average molecular weight is 259 g/mol. The second kappa shape index (κ2) is 4.07. The summed E-state index contributed by atoms with van der Waals surface area (Å²) >= 11 is 0. The van der Waals surface area contributed by atoms with Crippen LogP contribution in [-0.2, 0) is 15.5 Å². The van der Waals surface area contributed by atoms with E-state index >= 15 is 0 Å². The lowest BCUT2D eigenvalue weighted by molar-refractivity contribution is 0.458. The fourth-order valence-corrected chi connectivity index (χ4v) is 2.79. The maximum atomic E-state index is 14.1. The summed E-state index contributed by atoms with van der Waals surface area (Å²) in [5, 5.41) is 0. The van der Waals surface area contributed by atoms with E-state index in [1.165, 1.54) is 19.9 Å². The number of halogens is 1.